The molecule has 1 heterocycles. The number of aliphatic hydroxyl groups excluding tert-OH is 1. The Labute approximate surface area is 103 Å². The molecule has 0 amide bonds. The first-order valence-corrected chi connectivity index (χ1v) is 6.20. The molecule has 0 radical (unpaired) electrons. The van der Waals surface area contributed by atoms with E-state index in [4.69, 9.17) is 16.7 Å². The second-order valence-electron chi connectivity index (χ2n) is 3.13. The predicted octanol–water partition coefficient (Wildman–Crippen LogP) is 2.61. The highest BCUT2D eigenvalue weighted by Gasteiger charge is 2.05. The highest BCUT2D eigenvalue weighted by atomic mass is 35.5. The smallest absolute Gasteiger partial charge is 0.172 e. The van der Waals surface area contributed by atoms with E-state index in [0.717, 1.165) is 10.8 Å². The predicted molar refractivity (Wildman–Crippen MR) is 66.4 cm³/mol. The lowest BCUT2D eigenvalue weighted by Gasteiger charge is -2.06. The van der Waals surface area contributed by atoms with Gasteiger partial charge in [0.15, 0.2) is 5.16 Å². The molecule has 0 unspecified atom stereocenters. The minimum absolute atomic E-state index is 0.146. The number of thioether (sulfide) groups is 1. The zero-order chi connectivity index (χ0) is 11.4. The Morgan fingerprint density at radius 2 is 2.31 bits per heavy atom. The van der Waals surface area contributed by atoms with Gasteiger partial charge in [0.1, 0.15) is 0 Å². The van der Waals surface area contributed by atoms with Crippen LogP contribution < -0.4 is 0 Å². The lowest BCUT2D eigenvalue weighted by Crippen LogP contribution is -1.96. The molecule has 1 N–H and O–H groups in total. The van der Waals surface area contributed by atoms with Crippen LogP contribution in [0, 0.1) is 0 Å². The van der Waals surface area contributed by atoms with Gasteiger partial charge in [-0.2, -0.15) is 0 Å². The Kier molecular flexibility index (Phi) is 3.88. The Bertz CT molecular complexity index is 473. The van der Waals surface area contributed by atoms with Gasteiger partial charge in [0.25, 0.3) is 0 Å². The molecule has 0 bridgehead atoms. The second-order valence-corrected chi connectivity index (χ2v) is 4.63. The molecule has 1 aromatic heterocycles. The Hall–Kier alpha value is -0.970. The SMILES string of the molecule is OCCSc1nccn1-c1cccc(Cl)c1. The first kappa shape index (κ1) is 11.5. The highest BCUT2D eigenvalue weighted by Crippen LogP contribution is 2.21. The van der Waals surface area contributed by atoms with E-state index >= 15 is 0 Å². The van der Waals surface area contributed by atoms with Gasteiger partial charge in [-0.25, -0.2) is 4.98 Å². The molecule has 0 atom stereocenters. The summed E-state index contributed by atoms with van der Waals surface area (Å²) in [6.07, 6.45) is 3.62. The molecule has 5 heteroatoms. The van der Waals surface area contributed by atoms with E-state index in [9.17, 15) is 0 Å². The van der Waals surface area contributed by atoms with Crippen molar-refractivity contribution < 1.29 is 5.11 Å². The Morgan fingerprint density at radius 1 is 1.44 bits per heavy atom. The molecule has 16 heavy (non-hydrogen) atoms. The van der Waals surface area contributed by atoms with Gasteiger partial charge in [-0.15, -0.1) is 0 Å². The first-order valence-electron chi connectivity index (χ1n) is 4.84. The van der Waals surface area contributed by atoms with Gasteiger partial charge in [0.05, 0.1) is 6.61 Å². The molecule has 0 saturated heterocycles. The number of nitrogens with zero attached hydrogens (tertiary/aromatic N) is 2. The molecule has 0 spiro atoms. The summed E-state index contributed by atoms with van der Waals surface area (Å²) >= 11 is 7.45. The van der Waals surface area contributed by atoms with Crippen molar-refractivity contribution >= 4 is 23.4 Å². The van der Waals surface area contributed by atoms with Crippen LogP contribution in [0.3, 0.4) is 0 Å². The highest BCUT2D eigenvalue weighted by molar-refractivity contribution is 7.99. The third-order valence-corrected chi connectivity index (χ3v) is 3.20. The van der Waals surface area contributed by atoms with Gasteiger partial charge in [-0.1, -0.05) is 29.4 Å². The van der Waals surface area contributed by atoms with Crippen LogP contribution in [0.5, 0.6) is 0 Å². The fourth-order valence-corrected chi connectivity index (χ4v) is 2.26. The van der Waals surface area contributed by atoms with Crippen molar-refractivity contribution in [1.29, 1.82) is 0 Å². The van der Waals surface area contributed by atoms with Crippen molar-refractivity contribution in [2.24, 2.45) is 0 Å². The molecular weight excluding hydrogens is 244 g/mol. The van der Waals surface area contributed by atoms with Crippen LogP contribution in [0.4, 0.5) is 0 Å². The van der Waals surface area contributed by atoms with E-state index in [1.165, 1.54) is 11.8 Å². The quantitative estimate of drug-likeness (QED) is 0.853. The number of benzene rings is 1. The summed E-state index contributed by atoms with van der Waals surface area (Å²) in [5.41, 5.74) is 0.977. The molecule has 0 aliphatic carbocycles. The van der Waals surface area contributed by atoms with Crippen LogP contribution in [0.1, 0.15) is 0 Å². The van der Waals surface area contributed by atoms with Crippen molar-refractivity contribution in [3.05, 3.63) is 41.7 Å². The van der Waals surface area contributed by atoms with E-state index < -0.39 is 0 Å². The summed E-state index contributed by atoms with van der Waals surface area (Å²) in [5.74, 6) is 0.636. The van der Waals surface area contributed by atoms with Crippen LogP contribution in [-0.2, 0) is 0 Å². The third-order valence-electron chi connectivity index (χ3n) is 2.02. The minimum atomic E-state index is 0.146. The molecule has 84 valence electrons. The van der Waals surface area contributed by atoms with Crippen molar-refractivity contribution in [3.8, 4) is 5.69 Å². The van der Waals surface area contributed by atoms with Crippen molar-refractivity contribution in [2.75, 3.05) is 12.4 Å². The maximum Gasteiger partial charge on any atom is 0.172 e. The third kappa shape index (κ3) is 2.58. The summed E-state index contributed by atoms with van der Waals surface area (Å²) in [4.78, 5) is 4.23. The fourth-order valence-electron chi connectivity index (χ4n) is 1.36. The molecule has 0 saturated carbocycles. The topological polar surface area (TPSA) is 38.1 Å². The standard InChI is InChI=1S/C11H11ClN2OS/c12-9-2-1-3-10(8-9)14-5-4-13-11(14)16-7-6-15/h1-5,8,15H,6-7H2. The maximum absolute atomic E-state index is 8.79. The summed E-state index contributed by atoms with van der Waals surface area (Å²) in [6, 6.07) is 7.59. The van der Waals surface area contributed by atoms with Crippen LogP contribution >= 0.6 is 23.4 Å². The summed E-state index contributed by atoms with van der Waals surface area (Å²) in [5, 5.41) is 10.3. The molecule has 1 aromatic carbocycles. The van der Waals surface area contributed by atoms with Crippen LogP contribution in [0.15, 0.2) is 41.8 Å². The number of aliphatic hydroxyl groups is 1. The molecule has 0 aliphatic heterocycles. The van der Waals surface area contributed by atoms with Gasteiger partial charge >= 0.3 is 0 Å². The van der Waals surface area contributed by atoms with Crippen molar-refractivity contribution in [3.63, 3.8) is 0 Å². The number of hydrogen-bond acceptors (Lipinski definition) is 3. The first-order chi connectivity index (χ1) is 7.81. The van der Waals surface area contributed by atoms with Crippen molar-refractivity contribution in [2.45, 2.75) is 5.16 Å². The maximum atomic E-state index is 8.79. The van der Waals surface area contributed by atoms with Gasteiger partial charge in [-0.3, -0.25) is 4.57 Å². The Morgan fingerprint density at radius 3 is 3.06 bits per heavy atom. The van der Waals surface area contributed by atoms with Gasteiger partial charge in [0, 0.05) is 28.9 Å². The van der Waals surface area contributed by atoms with Crippen LogP contribution in [-0.4, -0.2) is 27.0 Å². The lowest BCUT2D eigenvalue weighted by molar-refractivity contribution is 0.322. The zero-order valence-electron chi connectivity index (χ0n) is 8.51. The van der Waals surface area contributed by atoms with E-state index in [1.807, 2.05) is 35.0 Å². The molecular formula is C11H11ClN2OS. The van der Waals surface area contributed by atoms with Crippen LogP contribution in [0.25, 0.3) is 5.69 Å². The summed E-state index contributed by atoms with van der Waals surface area (Å²) in [6.45, 7) is 0.146. The average molecular weight is 255 g/mol. The summed E-state index contributed by atoms with van der Waals surface area (Å²) < 4.78 is 1.95. The van der Waals surface area contributed by atoms with E-state index in [-0.39, 0.29) is 6.61 Å². The van der Waals surface area contributed by atoms with Gasteiger partial charge < -0.3 is 5.11 Å². The van der Waals surface area contributed by atoms with Gasteiger partial charge in [0.2, 0.25) is 0 Å². The molecule has 2 aromatic rings. The lowest BCUT2D eigenvalue weighted by atomic mass is 10.3. The fraction of sp³-hybridized carbons (Fsp3) is 0.182. The van der Waals surface area contributed by atoms with Crippen molar-refractivity contribution in [1.82, 2.24) is 9.55 Å². The average Bonchev–Trinajstić information content (AvgIpc) is 2.74. The van der Waals surface area contributed by atoms with E-state index in [1.54, 1.807) is 6.20 Å². The Balaban J connectivity index is 2.29. The number of rotatable bonds is 4. The molecule has 0 fully saturated rings. The second kappa shape index (κ2) is 5.39. The number of hydrogen-bond donors (Lipinski definition) is 1. The number of halogens is 1. The normalized spacial score (nSPS) is 10.6. The molecule has 0 aliphatic rings. The number of aromatic nitrogens is 2. The molecule has 2 rings (SSSR count). The summed E-state index contributed by atoms with van der Waals surface area (Å²) in [7, 11) is 0. The van der Waals surface area contributed by atoms with E-state index in [0.29, 0.717) is 10.8 Å². The minimum Gasteiger partial charge on any atom is -0.396 e. The van der Waals surface area contributed by atoms with Crippen LogP contribution in [0.2, 0.25) is 5.02 Å². The zero-order valence-corrected chi connectivity index (χ0v) is 10.1. The number of imidazole rings is 1. The monoisotopic (exact) mass is 254 g/mol. The van der Waals surface area contributed by atoms with E-state index in [2.05, 4.69) is 4.98 Å². The largest absolute Gasteiger partial charge is 0.396 e. The molecule has 3 nitrogen and oxygen atoms in total. The van der Waals surface area contributed by atoms with Gasteiger partial charge in [-0.05, 0) is 18.2 Å².